The molecule has 0 aromatic heterocycles. The van der Waals surface area contributed by atoms with Crippen molar-refractivity contribution in [1.82, 2.24) is 14.7 Å². The van der Waals surface area contributed by atoms with Crippen molar-refractivity contribution in [2.75, 3.05) is 44.3 Å². The lowest BCUT2D eigenvalue weighted by Gasteiger charge is -2.44. The molecule has 1 aliphatic carbocycles. The van der Waals surface area contributed by atoms with E-state index in [0.29, 0.717) is 38.5 Å². The Hall–Kier alpha value is -2.57. The molecule has 1 aromatic carbocycles. The van der Waals surface area contributed by atoms with Gasteiger partial charge >= 0.3 is 0 Å². The first-order chi connectivity index (χ1) is 17.0. The Morgan fingerprint density at radius 3 is 2.20 bits per heavy atom. The molecule has 5 rings (SSSR count). The largest absolute Gasteiger partial charge is 0.342 e. The average Bonchev–Trinajstić information content (AvgIpc) is 3.16. The molecule has 35 heavy (non-hydrogen) atoms. The number of carbonyl (C=O) groups is 3. The Balaban J connectivity index is 1.31. The van der Waals surface area contributed by atoms with Gasteiger partial charge in [-0.1, -0.05) is 44.4 Å². The summed E-state index contributed by atoms with van der Waals surface area (Å²) in [5, 5.41) is 0. The second-order valence-electron chi connectivity index (χ2n) is 11.2. The molecule has 3 saturated heterocycles. The molecule has 7 heteroatoms. The highest BCUT2D eigenvalue weighted by Crippen LogP contribution is 2.40. The van der Waals surface area contributed by atoms with Crippen LogP contribution in [-0.2, 0) is 14.4 Å². The van der Waals surface area contributed by atoms with Gasteiger partial charge in [0.05, 0.1) is 6.67 Å². The highest BCUT2D eigenvalue weighted by atomic mass is 16.2. The molecular weight excluding hydrogens is 440 g/mol. The summed E-state index contributed by atoms with van der Waals surface area (Å²) in [6.45, 7) is 5.59. The van der Waals surface area contributed by atoms with Crippen molar-refractivity contribution in [3.05, 3.63) is 30.3 Å². The van der Waals surface area contributed by atoms with Gasteiger partial charge in [-0.25, -0.2) is 0 Å². The van der Waals surface area contributed by atoms with Crippen LogP contribution in [-0.4, -0.2) is 77.4 Å². The van der Waals surface area contributed by atoms with Crippen LogP contribution >= 0.6 is 0 Å². The number of anilines is 1. The lowest BCUT2D eigenvalue weighted by Crippen LogP contribution is -2.58. The molecule has 0 unspecified atom stereocenters. The minimum atomic E-state index is -0.679. The van der Waals surface area contributed by atoms with Crippen molar-refractivity contribution < 1.29 is 14.4 Å². The van der Waals surface area contributed by atoms with Gasteiger partial charge in [0.2, 0.25) is 11.8 Å². The number of para-hydroxylation sites is 1. The highest BCUT2D eigenvalue weighted by molar-refractivity contribution is 5.96. The zero-order valence-corrected chi connectivity index (χ0v) is 21.2. The van der Waals surface area contributed by atoms with Crippen molar-refractivity contribution in [3.8, 4) is 0 Å². The fourth-order valence-electron chi connectivity index (χ4n) is 6.55. The zero-order valence-electron chi connectivity index (χ0n) is 21.2. The molecule has 7 nitrogen and oxygen atoms in total. The van der Waals surface area contributed by atoms with E-state index in [1.165, 1.54) is 6.42 Å². The summed E-state index contributed by atoms with van der Waals surface area (Å²) in [5.41, 5.74) is 0.330. The molecule has 190 valence electrons. The van der Waals surface area contributed by atoms with Gasteiger partial charge < -0.3 is 19.6 Å². The van der Waals surface area contributed by atoms with Crippen molar-refractivity contribution >= 4 is 23.4 Å². The Labute approximate surface area is 209 Å². The fraction of sp³-hybridized carbons (Fsp3) is 0.679. The van der Waals surface area contributed by atoms with E-state index in [1.807, 2.05) is 40.1 Å². The van der Waals surface area contributed by atoms with Crippen LogP contribution in [0.15, 0.2) is 30.3 Å². The van der Waals surface area contributed by atoms with Crippen LogP contribution in [0.5, 0.6) is 0 Å². The van der Waals surface area contributed by atoms with Crippen LogP contribution in [0.4, 0.5) is 5.69 Å². The molecule has 0 bridgehead atoms. The summed E-state index contributed by atoms with van der Waals surface area (Å²) in [6.07, 6.45) is 8.83. The van der Waals surface area contributed by atoms with Crippen molar-refractivity contribution in [3.63, 3.8) is 0 Å². The maximum Gasteiger partial charge on any atom is 0.250 e. The molecule has 0 radical (unpaired) electrons. The fourth-order valence-corrected chi connectivity index (χ4v) is 6.55. The van der Waals surface area contributed by atoms with Gasteiger partial charge in [-0.2, -0.15) is 0 Å². The molecule has 1 aromatic rings. The smallest absolute Gasteiger partial charge is 0.250 e. The van der Waals surface area contributed by atoms with E-state index in [1.54, 1.807) is 4.90 Å². The number of hydrogen-bond donors (Lipinski definition) is 0. The lowest BCUT2D eigenvalue weighted by atomic mass is 9.83. The van der Waals surface area contributed by atoms with Crippen molar-refractivity contribution in [1.29, 1.82) is 0 Å². The number of nitrogens with zero attached hydrogens (tertiary/aromatic N) is 4. The molecule has 0 N–H and O–H groups in total. The monoisotopic (exact) mass is 480 g/mol. The third kappa shape index (κ3) is 4.78. The number of rotatable bonds is 4. The van der Waals surface area contributed by atoms with E-state index in [4.69, 9.17) is 0 Å². The second-order valence-corrected chi connectivity index (χ2v) is 11.2. The molecule has 4 aliphatic rings. The molecule has 1 saturated carbocycles. The van der Waals surface area contributed by atoms with Gasteiger partial charge in [-0.15, -0.1) is 0 Å². The molecule has 4 fully saturated rings. The Morgan fingerprint density at radius 1 is 0.886 bits per heavy atom. The summed E-state index contributed by atoms with van der Waals surface area (Å²) >= 11 is 0. The van der Waals surface area contributed by atoms with Crippen LogP contribution in [0.3, 0.4) is 0 Å². The minimum absolute atomic E-state index is 0.0462. The van der Waals surface area contributed by atoms with Crippen molar-refractivity contribution in [2.24, 2.45) is 11.8 Å². The summed E-state index contributed by atoms with van der Waals surface area (Å²) in [7, 11) is 0. The summed E-state index contributed by atoms with van der Waals surface area (Å²) in [5.74, 6) is 1.20. The molecule has 3 amide bonds. The van der Waals surface area contributed by atoms with Crippen LogP contribution in [0.25, 0.3) is 0 Å². The van der Waals surface area contributed by atoms with Gasteiger partial charge in [-0.05, 0) is 56.6 Å². The number of amides is 3. The highest BCUT2D eigenvalue weighted by Gasteiger charge is 2.54. The standard InChI is InChI=1S/C28H40N4O3/c1-22-12-16-29(17-13-22)25(33)20-31-21-32(24-10-6-3-7-11-24)28(27(31)35)14-18-30(19-15-28)26(34)23-8-4-2-5-9-23/h3,6-7,10-11,22-23H,2,4-5,8-9,12-21H2,1H3. The molecule has 3 aliphatic heterocycles. The Kier molecular flexibility index (Phi) is 7.03. The van der Waals surface area contributed by atoms with E-state index in [-0.39, 0.29) is 30.2 Å². The van der Waals surface area contributed by atoms with E-state index in [2.05, 4.69) is 11.8 Å². The van der Waals surface area contributed by atoms with Gasteiger partial charge in [0.1, 0.15) is 12.1 Å². The van der Waals surface area contributed by atoms with Gasteiger partial charge in [0.15, 0.2) is 0 Å². The SMILES string of the molecule is CC1CCN(C(=O)CN2CN(c3ccccc3)C3(CCN(C(=O)C4CCCCC4)CC3)C2=O)CC1. The zero-order chi connectivity index (χ0) is 24.4. The van der Waals surface area contributed by atoms with Gasteiger partial charge in [0, 0.05) is 37.8 Å². The number of benzene rings is 1. The molecular formula is C28H40N4O3. The third-order valence-electron chi connectivity index (χ3n) is 8.90. The van der Waals surface area contributed by atoms with Gasteiger partial charge in [0.25, 0.3) is 5.91 Å². The number of piperidine rings is 2. The Morgan fingerprint density at radius 2 is 1.54 bits per heavy atom. The number of hydrogen-bond acceptors (Lipinski definition) is 4. The van der Waals surface area contributed by atoms with E-state index in [0.717, 1.165) is 57.3 Å². The maximum atomic E-state index is 13.9. The molecule has 0 atom stereocenters. The average molecular weight is 481 g/mol. The maximum absolute atomic E-state index is 13.9. The van der Waals surface area contributed by atoms with Crippen LogP contribution < -0.4 is 4.90 Å². The third-order valence-corrected chi connectivity index (χ3v) is 8.90. The second kappa shape index (κ2) is 10.2. The van der Waals surface area contributed by atoms with E-state index >= 15 is 0 Å². The molecule has 3 heterocycles. The van der Waals surface area contributed by atoms with Crippen LogP contribution in [0, 0.1) is 11.8 Å². The lowest BCUT2D eigenvalue weighted by molar-refractivity contribution is -0.143. The number of carbonyl (C=O) groups excluding carboxylic acids is 3. The summed E-state index contributed by atoms with van der Waals surface area (Å²) in [4.78, 5) is 48.1. The summed E-state index contributed by atoms with van der Waals surface area (Å²) < 4.78 is 0. The summed E-state index contributed by atoms with van der Waals surface area (Å²) in [6, 6.07) is 10.1. The molecule has 1 spiro atoms. The quantitative estimate of drug-likeness (QED) is 0.662. The first-order valence-corrected chi connectivity index (χ1v) is 13.7. The Bertz CT molecular complexity index is 913. The van der Waals surface area contributed by atoms with E-state index < -0.39 is 5.54 Å². The van der Waals surface area contributed by atoms with Crippen LogP contribution in [0.2, 0.25) is 0 Å². The predicted molar refractivity (Wildman–Crippen MR) is 136 cm³/mol. The van der Waals surface area contributed by atoms with Crippen LogP contribution in [0.1, 0.15) is 64.7 Å². The van der Waals surface area contributed by atoms with Crippen molar-refractivity contribution in [2.45, 2.75) is 70.3 Å². The predicted octanol–water partition coefficient (Wildman–Crippen LogP) is 3.49. The van der Waals surface area contributed by atoms with Gasteiger partial charge in [-0.3, -0.25) is 14.4 Å². The minimum Gasteiger partial charge on any atom is -0.342 e. The van der Waals surface area contributed by atoms with E-state index in [9.17, 15) is 14.4 Å². The first kappa shape index (κ1) is 24.1. The topological polar surface area (TPSA) is 64.2 Å². The normalized spacial score (nSPS) is 23.9. The first-order valence-electron chi connectivity index (χ1n) is 13.7. The number of likely N-dealkylation sites (tertiary alicyclic amines) is 2.